The van der Waals surface area contributed by atoms with Crippen molar-refractivity contribution >= 4 is 5.97 Å². The van der Waals surface area contributed by atoms with Gasteiger partial charge in [0, 0.05) is 5.56 Å². The van der Waals surface area contributed by atoms with Gasteiger partial charge in [-0.2, -0.15) is 0 Å². The number of phenols is 1. The molecule has 1 aliphatic heterocycles. The molecule has 0 radical (unpaired) electrons. The van der Waals surface area contributed by atoms with Crippen LogP contribution in [0.4, 0.5) is 0 Å². The zero-order valence-corrected chi connectivity index (χ0v) is 13.6. The van der Waals surface area contributed by atoms with Gasteiger partial charge in [0.15, 0.2) is 0 Å². The number of carboxylic acid groups (broad SMARTS) is 1. The highest BCUT2D eigenvalue weighted by molar-refractivity contribution is 5.93. The fourth-order valence-electron chi connectivity index (χ4n) is 2.95. The van der Waals surface area contributed by atoms with E-state index < -0.39 is 5.97 Å². The molecular weight excluding hydrogens is 304 g/mol. The fraction of sp³-hybridized carbons (Fsp3) is 0.250. The van der Waals surface area contributed by atoms with Crippen molar-refractivity contribution < 1.29 is 19.7 Å². The van der Waals surface area contributed by atoms with Gasteiger partial charge in [0.2, 0.25) is 0 Å². The van der Waals surface area contributed by atoms with Crippen LogP contribution >= 0.6 is 0 Å². The number of hydrogen-bond acceptors (Lipinski definition) is 3. The van der Waals surface area contributed by atoms with Gasteiger partial charge in [0.05, 0.1) is 0 Å². The van der Waals surface area contributed by atoms with E-state index in [1.54, 1.807) is 6.07 Å². The van der Waals surface area contributed by atoms with Gasteiger partial charge < -0.3 is 14.9 Å². The maximum absolute atomic E-state index is 11.7. The Bertz CT molecular complexity index is 791. The number of aromatic hydroxyl groups is 1. The summed E-state index contributed by atoms with van der Waals surface area (Å²) < 4.78 is 5.75. The highest BCUT2D eigenvalue weighted by Gasteiger charge is 2.23. The average molecular weight is 324 g/mol. The summed E-state index contributed by atoms with van der Waals surface area (Å²) in [5.41, 5.74) is 3.33. The lowest BCUT2D eigenvalue weighted by molar-refractivity contribution is 0.0692. The molecule has 0 atom stereocenters. The summed E-state index contributed by atoms with van der Waals surface area (Å²) in [5, 5.41) is 20.1. The number of fused-ring (bicyclic) bond motifs is 1. The number of hydrogen-bond donors (Lipinski definition) is 2. The fourth-order valence-corrected chi connectivity index (χ4v) is 2.95. The van der Waals surface area contributed by atoms with Gasteiger partial charge in [0.1, 0.15) is 23.7 Å². The molecule has 0 saturated carbocycles. The topological polar surface area (TPSA) is 66.8 Å². The third-order valence-electron chi connectivity index (χ3n) is 4.30. The summed E-state index contributed by atoms with van der Waals surface area (Å²) in [6.07, 6.45) is 3.67. The number of carbonyl (C=O) groups is 1. The Morgan fingerprint density at radius 2 is 1.96 bits per heavy atom. The second-order valence-electron chi connectivity index (χ2n) is 6.07. The molecule has 24 heavy (non-hydrogen) atoms. The molecule has 2 aromatic carbocycles. The first-order chi connectivity index (χ1) is 11.6. The summed E-state index contributed by atoms with van der Waals surface area (Å²) in [4.78, 5) is 11.7. The lowest BCUT2D eigenvalue weighted by Crippen LogP contribution is -2.08. The Labute approximate surface area is 141 Å². The summed E-state index contributed by atoms with van der Waals surface area (Å²) in [6.45, 7) is 2.41. The minimum absolute atomic E-state index is 0.0127. The van der Waals surface area contributed by atoms with Gasteiger partial charge in [-0.05, 0) is 49.0 Å². The van der Waals surface area contributed by atoms with E-state index in [2.05, 4.69) is 0 Å². The van der Waals surface area contributed by atoms with Crippen molar-refractivity contribution in [3.05, 3.63) is 70.3 Å². The Balaban J connectivity index is 1.97. The lowest BCUT2D eigenvalue weighted by Gasteiger charge is -2.15. The number of allylic oxidation sites excluding steroid dienone is 1. The Hall–Kier alpha value is -2.75. The minimum atomic E-state index is -1.11. The molecule has 4 heteroatoms. The molecule has 0 fully saturated rings. The van der Waals surface area contributed by atoms with Gasteiger partial charge in [-0.3, -0.25) is 0 Å². The average Bonchev–Trinajstić information content (AvgIpc) is 2.76. The van der Waals surface area contributed by atoms with Crippen molar-refractivity contribution in [1.29, 1.82) is 0 Å². The number of aryl methyl sites for hydroxylation is 2. The number of aromatic carboxylic acids is 1. The number of carboxylic acids is 1. The monoisotopic (exact) mass is 324 g/mol. The highest BCUT2D eigenvalue weighted by Crippen LogP contribution is 2.37. The van der Waals surface area contributed by atoms with Crippen molar-refractivity contribution in [2.24, 2.45) is 0 Å². The normalized spacial score (nSPS) is 13.5. The van der Waals surface area contributed by atoms with Gasteiger partial charge in [-0.25, -0.2) is 4.79 Å². The van der Waals surface area contributed by atoms with E-state index in [0.29, 0.717) is 42.7 Å². The molecule has 0 saturated heterocycles. The van der Waals surface area contributed by atoms with Crippen LogP contribution < -0.4 is 4.74 Å². The third-order valence-corrected chi connectivity index (χ3v) is 4.30. The first-order valence-corrected chi connectivity index (χ1v) is 7.99. The standard InChI is InChI=1S/C20H20O4/c1-13-7-10-16-17(24-12-13)11-15(18(19(16)21)20(22)23)9-8-14-5-3-2-4-6-14/h2-7,11,21H,8-10,12H2,1H3,(H,22,23). The quantitative estimate of drug-likeness (QED) is 0.841. The van der Waals surface area contributed by atoms with Crippen molar-refractivity contribution in [3.8, 4) is 11.5 Å². The highest BCUT2D eigenvalue weighted by atomic mass is 16.5. The Morgan fingerprint density at radius 1 is 1.21 bits per heavy atom. The number of benzene rings is 2. The molecule has 1 heterocycles. The van der Waals surface area contributed by atoms with E-state index in [1.165, 1.54) is 0 Å². The number of rotatable bonds is 4. The van der Waals surface area contributed by atoms with E-state index in [4.69, 9.17) is 4.74 Å². The van der Waals surface area contributed by atoms with Crippen LogP contribution in [0.3, 0.4) is 0 Å². The largest absolute Gasteiger partial charge is 0.507 e. The molecule has 0 aromatic heterocycles. The maximum Gasteiger partial charge on any atom is 0.339 e. The van der Waals surface area contributed by atoms with Crippen LogP contribution in [-0.2, 0) is 19.3 Å². The van der Waals surface area contributed by atoms with Crippen LogP contribution in [0.1, 0.15) is 34.0 Å². The zero-order chi connectivity index (χ0) is 17.1. The third kappa shape index (κ3) is 3.27. The molecule has 2 N–H and O–H groups in total. The van der Waals surface area contributed by atoms with Crippen LogP contribution in [0.2, 0.25) is 0 Å². The molecule has 0 spiro atoms. The second kappa shape index (κ2) is 6.79. The van der Waals surface area contributed by atoms with Crippen molar-refractivity contribution in [1.82, 2.24) is 0 Å². The Kier molecular flexibility index (Phi) is 4.56. The van der Waals surface area contributed by atoms with Crippen molar-refractivity contribution in [3.63, 3.8) is 0 Å². The first-order valence-electron chi connectivity index (χ1n) is 7.99. The SMILES string of the molecule is CC1=CCc2c(cc(CCc3ccccc3)c(C(=O)O)c2O)OC1. The molecule has 3 rings (SSSR count). The van der Waals surface area contributed by atoms with Gasteiger partial charge in [0.25, 0.3) is 0 Å². The van der Waals surface area contributed by atoms with Crippen LogP contribution in [0.25, 0.3) is 0 Å². The molecule has 0 aliphatic carbocycles. The van der Waals surface area contributed by atoms with Crippen molar-refractivity contribution in [2.75, 3.05) is 6.61 Å². The van der Waals surface area contributed by atoms with Crippen LogP contribution in [-0.4, -0.2) is 22.8 Å². The molecule has 0 amide bonds. The predicted octanol–water partition coefficient (Wildman–Crippen LogP) is 3.76. The van der Waals surface area contributed by atoms with E-state index in [0.717, 1.165) is 11.1 Å². The van der Waals surface area contributed by atoms with Crippen LogP contribution in [0.5, 0.6) is 11.5 Å². The minimum Gasteiger partial charge on any atom is -0.507 e. The first kappa shape index (κ1) is 16.1. The van der Waals surface area contributed by atoms with Gasteiger partial charge >= 0.3 is 5.97 Å². The second-order valence-corrected chi connectivity index (χ2v) is 6.07. The summed E-state index contributed by atoms with van der Waals surface area (Å²) >= 11 is 0. The number of ether oxygens (including phenoxy) is 1. The van der Waals surface area contributed by atoms with Crippen LogP contribution in [0.15, 0.2) is 48.0 Å². The van der Waals surface area contributed by atoms with Gasteiger partial charge in [-0.15, -0.1) is 0 Å². The molecule has 0 bridgehead atoms. The van der Waals surface area contributed by atoms with Gasteiger partial charge in [-0.1, -0.05) is 36.4 Å². The smallest absolute Gasteiger partial charge is 0.339 e. The van der Waals surface area contributed by atoms with E-state index in [1.807, 2.05) is 43.3 Å². The molecule has 124 valence electrons. The molecule has 2 aromatic rings. The van der Waals surface area contributed by atoms with Crippen LogP contribution in [0, 0.1) is 0 Å². The maximum atomic E-state index is 11.7. The molecule has 1 aliphatic rings. The summed E-state index contributed by atoms with van der Waals surface area (Å²) in [5.74, 6) is -0.703. The summed E-state index contributed by atoms with van der Waals surface area (Å²) in [7, 11) is 0. The lowest BCUT2D eigenvalue weighted by atomic mass is 9.94. The van der Waals surface area contributed by atoms with E-state index in [-0.39, 0.29) is 11.3 Å². The zero-order valence-electron chi connectivity index (χ0n) is 13.6. The molecule has 4 nitrogen and oxygen atoms in total. The Morgan fingerprint density at radius 3 is 2.67 bits per heavy atom. The molecular formula is C20H20O4. The van der Waals surface area contributed by atoms with E-state index >= 15 is 0 Å². The van der Waals surface area contributed by atoms with Crippen molar-refractivity contribution in [2.45, 2.75) is 26.2 Å². The van der Waals surface area contributed by atoms with E-state index in [9.17, 15) is 15.0 Å². The predicted molar refractivity (Wildman–Crippen MR) is 91.9 cm³/mol. The summed E-state index contributed by atoms with van der Waals surface area (Å²) in [6, 6.07) is 11.7. The molecule has 0 unspecified atom stereocenters.